The first-order chi connectivity index (χ1) is 7.63. The zero-order valence-corrected chi connectivity index (χ0v) is 10.2. The average molecular weight is 242 g/mol. The number of hydrogen-bond acceptors (Lipinski definition) is 5. The highest BCUT2D eigenvalue weighted by Crippen LogP contribution is 2.41. The van der Waals surface area contributed by atoms with Gasteiger partial charge in [-0.05, 0) is 32.4 Å². The largest absolute Gasteiger partial charge is 0.389 e. The van der Waals surface area contributed by atoms with Crippen molar-refractivity contribution in [1.29, 1.82) is 0 Å². The lowest BCUT2D eigenvalue weighted by atomic mass is 9.81. The van der Waals surface area contributed by atoms with Crippen LogP contribution >= 0.6 is 0 Å². The molecule has 5 heteroatoms. The number of carbonyl (C=O) groups excluding carboxylic acids is 1. The number of carbonyl (C=O) groups is 1. The van der Waals surface area contributed by atoms with Gasteiger partial charge in [0.25, 0.3) is 0 Å². The van der Waals surface area contributed by atoms with E-state index in [4.69, 9.17) is 4.74 Å². The number of aliphatic hydroxyl groups is 3. The SMILES string of the molecule is CC(C)(O)[C@@H]1O[C@H]1C1=CC(=O)[C@](C)(O)C[C@@H]1O. The van der Waals surface area contributed by atoms with Gasteiger partial charge in [0, 0.05) is 6.42 Å². The van der Waals surface area contributed by atoms with Crippen molar-refractivity contribution in [2.24, 2.45) is 0 Å². The number of hydrogen-bond donors (Lipinski definition) is 3. The molecule has 4 atom stereocenters. The Morgan fingerprint density at radius 2 is 2.12 bits per heavy atom. The van der Waals surface area contributed by atoms with E-state index >= 15 is 0 Å². The summed E-state index contributed by atoms with van der Waals surface area (Å²) >= 11 is 0. The summed E-state index contributed by atoms with van der Waals surface area (Å²) in [6.07, 6.45) is -0.523. The zero-order chi connectivity index (χ0) is 13.0. The van der Waals surface area contributed by atoms with Crippen LogP contribution in [0.1, 0.15) is 27.2 Å². The fourth-order valence-electron chi connectivity index (χ4n) is 2.17. The first-order valence-electron chi connectivity index (χ1n) is 5.67. The molecule has 96 valence electrons. The van der Waals surface area contributed by atoms with Gasteiger partial charge in [-0.15, -0.1) is 0 Å². The molecule has 0 aromatic heterocycles. The Hall–Kier alpha value is -0.750. The number of rotatable bonds is 2. The summed E-state index contributed by atoms with van der Waals surface area (Å²) in [4.78, 5) is 11.6. The van der Waals surface area contributed by atoms with Crippen LogP contribution in [0.4, 0.5) is 0 Å². The highest BCUT2D eigenvalue weighted by molar-refractivity contribution is 5.98. The second kappa shape index (κ2) is 3.62. The Kier molecular flexibility index (Phi) is 2.70. The maximum atomic E-state index is 11.6. The van der Waals surface area contributed by atoms with Crippen LogP contribution in [0.2, 0.25) is 0 Å². The van der Waals surface area contributed by atoms with Crippen LogP contribution in [0.5, 0.6) is 0 Å². The van der Waals surface area contributed by atoms with E-state index in [0.717, 1.165) is 0 Å². The number of epoxide rings is 1. The Morgan fingerprint density at radius 1 is 1.53 bits per heavy atom. The van der Waals surface area contributed by atoms with Crippen LogP contribution in [0.15, 0.2) is 11.6 Å². The molecule has 0 radical (unpaired) electrons. The van der Waals surface area contributed by atoms with E-state index in [0.29, 0.717) is 5.57 Å². The molecule has 2 aliphatic rings. The van der Waals surface area contributed by atoms with Gasteiger partial charge in [-0.1, -0.05) is 0 Å². The third-order valence-electron chi connectivity index (χ3n) is 3.32. The van der Waals surface area contributed by atoms with E-state index in [1.165, 1.54) is 13.0 Å². The number of ether oxygens (including phenoxy) is 1. The third-order valence-corrected chi connectivity index (χ3v) is 3.32. The van der Waals surface area contributed by atoms with Crippen molar-refractivity contribution in [2.75, 3.05) is 0 Å². The van der Waals surface area contributed by atoms with Crippen LogP contribution in [0.3, 0.4) is 0 Å². The molecule has 3 N–H and O–H groups in total. The van der Waals surface area contributed by atoms with E-state index in [2.05, 4.69) is 0 Å². The van der Waals surface area contributed by atoms with Crippen molar-refractivity contribution in [2.45, 2.75) is 56.7 Å². The molecule has 1 fully saturated rings. The van der Waals surface area contributed by atoms with Gasteiger partial charge in [0.1, 0.15) is 17.8 Å². The second-order valence-electron chi connectivity index (χ2n) is 5.63. The lowest BCUT2D eigenvalue weighted by Gasteiger charge is -2.29. The summed E-state index contributed by atoms with van der Waals surface area (Å²) in [6, 6.07) is 0. The Morgan fingerprint density at radius 3 is 2.59 bits per heavy atom. The minimum atomic E-state index is -1.51. The molecule has 0 aromatic carbocycles. The highest BCUT2D eigenvalue weighted by Gasteiger charge is 2.54. The summed E-state index contributed by atoms with van der Waals surface area (Å²) in [7, 11) is 0. The van der Waals surface area contributed by atoms with Crippen molar-refractivity contribution in [3.63, 3.8) is 0 Å². The highest BCUT2D eigenvalue weighted by atomic mass is 16.6. The summed E-state index contributed by atoms with van der Waals surface area (Å²) in [6.45, 7) is 4.61. The van der Waals surface area contributed by atoms with E-state index in [-0.39, 0.29) is 6.42 Å². The molecule has 0 spiro atoms. The molecule has 1 saturated heterocycles. The molecular weight excluding hydrogens is 224 g/mol. The second-order valence-corrected chi connectivity index (χ2v) is 5.63. The minimum Gasteiger partial charge on any atom is -0.389 e. The monoisotopic (exact) mass is 242 g/mol. The number of ketones is 1. The van der Waals surface area contributed by atoms with Crippen LogP contribution in [-0.4, -0.2) is 50.6 Å². The molecular formula is C12H18O5. The smallest absolute Gasteiger partial charge is 0.187 e. The summed E-state index contributed by atoms with van der Waals surface area (Å²) < 4.78 is 5.30. The normalized spacial score (nSPS) is 42.4. The molecule has 0 aromatic rings. The Balaban J connectivity index is 2.17. The van der Waals surface area contributed by atoms with Gasteiger partial charge in [-0.2, -0.15) is 0 Å². The standard InChI is InChI=1S/C12H18O5/c1-11(2,15)10-9(17-10)6-4-8(14)12(3,16)5-7(6)13/h4,7,9-10,13,15-16H,5H2,1-3H3/t7-,9-,10+,12+/m0/s1. The molecule has 1 heterocycles. The molecule has 2 rings (SSSR count). The topological polar surface area (TPSA) is 90.3 Å². The van der Waals surface area contributed by atoms with Gasteiger partial charge in [-0.25, -0.2) is 0 Å². The van der Waals surface area contributed by atoms with Crippen LogP contribution in [0, 0.1) is 0 Å². The van der Waals surface area contributed by atoms with E-state index in [1.54, 1.807) is 13.8 Å². The maximum Gasteiger partial charge on any atom is 0.187 e. The first-order valence-corrected chi connectivity index (χ1v) is 5.67. The van der Waals surface area contributed by atoms with Gasteiger partial charge in [0.15, 0.2) is 5.78 Å². The lowest BCUT2D eigenvalue weighted by Crippen LogP contribution is -2.43. The van der Waals surface area contributed by atoms with Crippen molar-refractivity contribution in [3.8, 4) is 0 Å². The predicted molar refractivity (Wildman–Crippen MR) is 59.3 cm³/mol. The fourth-order valence-corrected chi connectivity index (χ4v) is 2.17. The van der Waals surface area contributed by atoms with Crippen molar-refractivity contribution in [3.05, 3.63) is 11.6 Å². The predicted octanol–water partition coefficient (Wildman–Crippen LogP) is -0.464. The van der Waals surface area contributed by atoms with Gasteiger partial charge >= 0.3 is 0 Å². The average Bonchev–Trinajstić information content (AvgIpc) is 2.88. The van der Waals surface area contributed by atoms with E-state index in [9.17, 15) is 20.1 Å². The van der Waals surface area contributed by atoms with Crippen molar-refractivity contribution < 1.29 is 24.9 Å². The number of aliphatic hydroxyl groups excluding tert-OH is 1. The van der Waals surface area contributed by atoms with Crippen molar-refractivity contribution >= 4 is 5.78 Å². The minimum absolute atomic E-state index is 0.0316. The molecule has 1 aliphatic heterocycles. The van der Waals surface area contributed by atoms with E-state index < -0.39 is 35.3 Å². The molecule has 5 nitrogen and oxygen atoms in total. The maximum absolute atomic E-state index is 11.6. The van der Waals surface area contributed by atoms with Gasteiger partial charge in [0.05, 0.1) is 11.7 Å². The van der Waals surface area contributed by atoms with Crippen LogP contribution < -0.4 is 0 Å². The fraction of sp³-hybridized carbons (Fsp3) is 0.750. The molecule has 0 bridgehead atoms. The lowest BCUT2D eigenvalue weighted by molar-refractivity contribution is -0.134. The van der Waals surface area contributed by atoms with Crippen LogP contribution in [0.25, 0.3) is 0 Å². The Bertz CT molecular complexity index is 377. The van der Waals surface area contributed by atoms with E-state index in [1.807, 2.05) is 0 Å². The first kappa shape index (κ1) is 12.7. The van der Waals surface area contributed by atoms with Crippen LogP contribution in [-0.2, 0) is 9.53 Å². The quantitative estimate of drug-likeness (QED) is 0.570. The summed E-state index contributed by atoms with van der Waals surface area (Å²) in [5, 5.41) is 29.3. The summed E-state index contributed by atoms with van der Waals surface area (Å²) in [5.74, 6) is -0.428. The molecule has 1 aliphatic carbocycles. The summed E-state index contributed by atoms with van der Waals surface area (Å²) in [5.41, 5.74) is -2.07. The molecule has 0 unspecified atom stereocenters. The molecule has 0 amide bonds. The van der Waals surface area contributed by atoms with Gasteiger partial charge in [-0.3, -0.25) is 4.79 Å². The van der Waals surface area contributed by atoms with Gasteiger partial charge in [0.2, 0.25) is 0 Å². The van der Waals surface area contributed by atoms with Gasteiger partial charge < -0.3 is 20.1 Å². The zero-order valence-electron chi connectivity index (χ0n) is 10.2. The molecule has 0 saturated carbocycles. The third kappa shape index (κ3) is 2.28. The van der Waals surface area contributed by atoms with Crippen molar-refractivity contribution in [1.82, 2.24) is 0 Å². The molecule has 17 heavy (non-hydrogen) atoms. The Labute approximate surface area is 99.7 Å².